The number of benzene rings is 1. The fraction of sp³-hybridized carbons (Fsp3) is 0.182. The van der Waals surface area contributed by atoms with Crippen molar-refractivity contribution < 1.29 is 17.7 Å². The van der Waals surface area contributed by atoms with Gasteiger partial charge in [0.05, 0.1) is 7.11 Å². The molecule has 0 radical (unpaired) electrons. The zero-order chi connectivity index (χ0) is 14.2. The second-order valence-corrected chi connectivity index (χ2v) is 8.14. The molecule has 2 rings (SSSR count). The van der Waals surface area contributed by atoms with Crippen LogP contribution in [-0.2, 0) is 10.1 Å². The number of methoxy groups -OCH3 is 1. The topological polar surface area (TPSA) is 63.6 Å². The van der Waals surface area contributed by atoms with E-state index in [4.69, 9.17) is 17.0 Å². The molecule has 0 aliphatic heterocycles. The molecule has 0 aliphatic carbocycles. The summed E-state index contributed by atoms with van der Waals surface area (Å²) in [5, 5.41) is 0. The van der Waals surface area contributed by atoms with Gasteiger partial charge >= 0.3 is 0 Å². The molecular formula is C11H10O4S4. The molecule has 102 valence electrons. The van der Waals surface area contributed by atoms with Crippen molar-refractivity contribution in [2.24, 2.45) is 0 Å². The maximum atomic E-state index is 11.4. The normalized spacial score (nSPS) is 11.5. The average Bonchev–Trinajstić information content (AvgIpc) is 2.67. The SMILES string of the molecule is COc1ccc(-c2c(C)ssc2=S)cc1S(=O)(=O)O. The Labute approximate surface area is 123 Å². The Hall–Kier alpha value is -0.800. The fourth-order valence-electron chi connectivity index (χ4n) is 1.68. The molecule has 0 amide bonds. The third kappa shape index (κ3) is 2.87. The summed E-state index contributed by atoms with van der Waals surface area (Å²) in [4.78, 5) is 0.763. The molecule has 1 aromatic carbocycles. The molecule has 0 spiro atoms. The highest BCUT2D eigenvalue weighted by atomic mass is 32.9. The maximum absolute atomic E-state index is 11.4. The van der Waals surface area contributed by atoms with E-state index < -0.39 is 10.1 Å². The fourth-order valence-corrected chi connectivity index (χ4v) is 5.03. The van der Waals surface area contributed by atoms with Gasteiger partial charge in [-0.25, -0.2) is 0 Å². The van der Waals surface area contributed by atoms with Crippen LogP contribution in [0.25, 0.3) is 11.1 Å². The van der Waals surface area contributed by atoms with Crippen molar-refractivity contribution in [1.82, 2.24) is 0 Å². The Morgan fingerprint density at radius 1 is 1.32 bits per heavy atom. The molecule has 0 bridgehead atoms. The Kier molecular flexibility index (Phi) is 4.07. The first kappa shape index (κ1) is 14.6. The van der Waals surface area contributed by atoms with Gasteiger partial charge in [-0.3, -0.25) is 4.55 Å². The first-order valence-electron chi connectivity index (χ1n) is 5.10. The summed E-state index contributed by atoms with van der Waals surface area (Å²) in [5.41, 5.74) is 1.49. The Balaban J connectivity index is 2.73. The monoisotopic (exact) mass is 334 g/mol. The molecule has 0 atom stereocenters. The molecule has 0 aliphatic rings. The summed E-state index contributed by atoms with van der Waals surface area (Å²) >= 11 is 5.24. The zero-order valence-corrected chi connectivity index (χ0v) is 13.3. The minimum absolute atomic E-state index is 0.105. The lowest BCUT2D eigenvalue weighted by atomic mass is 10.1. The number of ether oxygens (including phenoxy) is 1. The van der Waals surface area contributed by atoms with Crippen molar-refractivity contribution in [3.05, 3.63) is 26.9 Å². The Morgan fingerprint density at radius 2 is 2.00 bits per heavy atom. The first-order valence-corrected chi connectivity index (χ1v) is 9.10. The highest BCUT2D eigenvalue weighted by Gasteiger charge is 2.19. The van der Waals surface area contributed by atoms with Crippen molar-refractivity contribution >= 4 is 43.0 Å². The maximum Gasteiger partial charge on any atom is 0.298 e. The van der Waals surface area contributed by atoms with E-state index in [1.54, 1.807) is 16.4 Å². The lowest BCUT2D eigenvalue weighted by Gasteiger charge is -2.08. The van der Waals surface area contributed by atoms with E-state index in [9.17, 15) is 13.0 Å². The van der Waals surface area contributed by atoms with E-state index in [2.05, 4.69) is 0 Å². The van der Waals surface area contributed by atoms with E-state index >= 15 is 0 Å². The van der Waals surface area contributed by atoms with Crippen LogP contribution < -0.4 is 4.74 Å². The third-order valence-corrected chi connectivity index (χ3v) is 6.57. The number of aryl methyl sites for hydroxylation is 1. The van der Waals surface area contributed by atoms with Gasteiger partial charge in [-0.2, -0.15) is 8.42 Å². The van der Waals surface area contributed by atoms with Crippen LogP contribution in [0.5, 0.6) is 5.75 Å². The summed E-state index contributed by atoms with van der Waals surface area (Å²) in [5.74, 6) is 0.105. The Bertz CT molecular complexity index is 770. The average molecular weight is 334 g/mol. The van der Waals surface area contributed by atoms with Crippen LogP contribution in [0, 0.1) is 10.7 Å². The van der Waals surface area contributed by atoms with E-state index in [-0.39, 0.29) is 10.6 Å². The number of hydrogen-bond donors (Lipinski definition) is 1. The van der Waals surface area contributed by atoms with Crippen molar-refractivity contribution in [3.63, 3.8) is 0 Å². The molecule has 0 saturated heterocycles. The summed E-state index contributed by atoms with van der Waals surface area (Å²) in [6.07, 6.45) is 0. The summed E-state index contributed by atoms with van der Waals surface area (Å²) < 4.78 is 37.6. The highest BCUT2D eigenvalue weighted by Crippen LogP contribution is 2.36. The second-order valence-electron chi connectivity index (χ2n) is 3.73. The standard InChI is InChI=1S/C11H10O4S4/c1-6-10(11(16)18-17-6)7-3-4-8(15-2)9(5-7)19(12,13)14/h3-5H,1-2H3,(H,12,13,14). The van der Waals surface area contributed by atoms with Crippen molar-refractivity contribution in [3.8, 4) is 16.9 Å². The van der Waals surface area contributed by atoms with Crippen molar-refractivity contribution in [1.29, 1.82) is 0 Å². The van der Waals surface area contributed by atoms with Gasteiger partial charge in [-0.1, -0.05) is 39.0 Å². The van der Waals surface area contributed by atoms with E-state index in [1.165, 1.54) is 29.6 Å². The molecule has 1 heterocycles. The third-order valence-electron chi connectivity index (χ3n) is 2.53. The molecule has 0 fully saturated rings. The van der Waals surface area contributed by atoms with Crippen LogP contribution >= 0.6 is 32.9 Å². The number of rotatable bonds is 3. The molecule has 2 aromatic rings. The molecule has 0 unspecified atom stereocenters. The molecular weight excluding hydrogens is 324 g/mol. The molecule has 0 saturated carbocycles. The van der Waals surface area contributed by atoms with Gasteiger partial charge in [-0.15, -0.1) is 0 Å². The van der Waals surface area contributed by atoms with E-state index in [0.717, 1.165) is 10.4 Å². The molecule has 1 N–H and O–H groups in total. The summed E-state index contributed by atoms with van der Waals surface area (Å²) in [6.45, 7) is 1.92. The molecule has 8 heteroatoms. The van der Waals surface area contributed by atoms with Gasteiger partial charge in [0, 0.05) is 10.4 Å². The van der Waals surface area contributed by atoms with Gasteiger partial charge in [-0.05, 0) is 24.6 Å². The quantitative estimate of drug-likeness (QED) is 0.526. The van der Waals surface area contributed by atoms with Crippen molar-refractivity contribution in [2.75, 3.05) is 7.11 Å². The molecule has 19 heavy (non-hydrogen) atoms. The summed E-state index contributed by atoms with van der Waals surface area (Å²) in [6, 6.07) is 4.62. The highest BCUT2D eigenvalue weighted by molar-refractivity contribution is 7.86. The predicted molar refractivity (Wildman–Crippen MR) is 79.6 cm³/mol. The van der Waals surface area contributed by atoms with Crippen LogP contribution in [0.2, 0.25) is 0 Å². The zero-order valence-electron chi connectivity index (χ0n) is 10.0. The summed E-state index contributed by atoms with van der Waals surface area (Å²) in [7, 11) is 0.0162. The second kappa shape index (κ2) is 5.29. The minimum Gasteiger partial charge on any atom is -0.495 e. The van der Waals surface area contributed by atoms with Gasteiger partial charge in [0.25, 0.3) is 10.1 Å². The number of hydrogen-bond acceptors (Lipinski definition) is 6. The molecule has 4 nitrogen and oxygen atoms in total. The van der Waals surface area contributed by atoms with Crippen LogP contribution in [0.4, 0.5) is 0 Å². The van der Waals surface area contributed by atoms with Crippen LogP contribution in [-0.4, -0.2) is 20.1 Å². The lowest BCUT2D eigenvalue weighted by Crippen LogP contribution is -2.01. The predicted octanol–water partition coefficient (Wildman–Crippen LogP) is 3.77. The van der Waals surface area contributed by atoms with Crippen LogP contribution in [0.3, 0.4) is 0 Å². The van der Waals surface area contributed by atoms with Gasteiger partial charge < -0.3 is 4.74 Å². The van der Waals surface area contributed by atoms with Crippen LogP contribution in [0.1, 0.15) is 4.88 Å². The first-order chi connectivity index (χ1) is 8.84. The van der Waals surface area contributed by atoms with Gasteiger partial charge in [0.15, 0.2) is 0 Å². The minimum atomic E-state index is -4.34. The smallest absolute Gasteiger partial charge is 0.298 e. The van der Waals surface area contributed by atoms with Crippen molar-refractivity contribution in [2.45, 2.75) is 11.8 Å². The van der Waals surface area contributed by atoms with Gasteiger partial charge in [0.1, 0.15) is 14.5 Å². The van der Waals surface area contributed by atoms with Gasteiger partial charge in [0.2, 0.25) is 0 Å². The largest absolute Gasteiger partial charge is 0.495 e. The lowest BCUT2D eigenvalue weighted by molar-refractivity contribution is 0.397. The van der Waals surface area contributed by atoms with E-state index in [0.29, 0.717) is 9.39 Å². The Morgan fingerprint density at radius 3 is 2.47 bits per heavy atom. The van der Waals surface area contributed by atoms with E-state index in [1.807, 2.05) is 6.92 Å². The van der Waals surface area contributed by atoms with Crippen LogP contribution in [0.15, 0.2) is 23.1 Å². The molecule has 1 aromatic heterocycles.